The van der Waals surface area contributed by atoms with Gasteiger partial charge in [-0.1, -0.05) is 10.4 Å². The average Bonchev–Trinajstić information content (AvgIpc) is 3.52. The van der Waals surface area contributed by atoms with E-state index < -0.39 is 48.7 Å². The molecule has 5 rings (SSSR count). The fourth-order valence-corrected chi connectivity index (χ4v) is 5.51. The van der Waals surface area contributed by atoms with Gasteiger partial charge in [-0.3, -0.25) is 0 Å². The summed E-state index contributed by atoms with van der Waals surface area (Å²) in [7, 11) is 1.45. The Kier molecular flexibility index (Phi) is 7.15. The zero-order valence-electron chi connectivity index (χ0n) is 20.1. The van der Waals surface area contributed by atoms with Gasteiger partial charge in [0.25, 0.3) is 0 Å². The van der Waals surface area contributed by atoms with Gasteiger partial charge in [-0.2, -0.15) is 0 Å². The average molecular weight is 585 g/mol. The molecule has 2 aromatic heterocycles. The Morgan fingerprint density at radius 1 is 1.14 bits per heavy atom. The Morgan fingerprint density at radius 2 is 1.89 bits per heavy atom. The Hall–Kier alpha value is -2.36. The molecule has 1 aromatic carbocycles. The van der Waals surface area contributed by atoms with Crippen LogP contribution in [0.2, 0.25) is 0 Å². The van der Waals surface area contributed by atoms with Crippen LogP contribution in [0.3, 0.4) is 0 Å². The predicted molar refractivity (Wildman–Crippen MR) is 127 cm³/mol. The molecule has 1 aliphatic heterocycles. The second kappa shape index (κ2) is 10.1. The number of benzene rings is 1. The predicted octanol–water partition coefficient (Wildman–Crippen LogP) is 1.37. The van der Waals surface area contributed by atoms with Gasteiger partial charge in [0.05, 0.1) is 40.7 Å². The van der Waals surface area contributed by atoms with Gasteiger partial charge >= 0.3 is 0 Å². The second-order valence-electron chi connectivity index (χ2n) is 9.80. The lowest BCUT2D eigenvalue weighted by Gasteiger charge is -2.43. The molecule has 0 bridgehead atoms. The minimum absolute atomic E-state index is 0.0199. The van der Waals surface area contributed by atoms with Gasteiger partial charge in [0.2, 0.25) is 0 Å². The minimum atomic E-state index is -1.24. The molecule has 1 aliphatic carbocycles. The van der Waals surface area contributed by atoms with E-state index >= 15 is 0 Å². The number of aliphatic hydroxyl groups excluding tert-OH is 3. The molecule has 2 aliphatic rings. The highest BCUT2D eigenvalue weighted by molar-refractivity contribution is 9.10. The monoisotopic (exact) mass is 584 g/mol. The molecule has 0 radical (unpaired) electrons. The summed E-state index contributed by atoms with van der Waals surface area (Å²) < 4.78 is 43.3. The molecular weight excluding hydrogens is 558 g/mol. The standard InChI is InChI=1S/C23H27BrF2N6O5/c1-23(6-12(34)7-23)32-8-11(27-30-32)5-16-22(36-2)20(21(35)17(10-33)37-16)31-9-15(28-29-31)13-3-4-14(24)19(26)18(13)25/h3-4,8-9,12,16-17,20-22,33-35H,5-7,10H2,1-2H3. The lowest BCUT2D eigenvalue weighted by molar-refractivity contribution is -0.212. The number of aromatic nitrogens is 6. The first-order valence-corrected chi connectivity index (χ1v) is 12.6. The summed E-state index contributed by atoms with van der Waals surface area (Å²) in [4.78, 5) is 0. The molecule has 1 saturated carbocycles. The van der Waals surface area contributed by atoms with Crippen molar-refractivity contribution in [1.29, 1.82) is 0 Å². The zero-order chi connectivity index (χ0) is 26.5. The van der Waals surface area contributed by atoms with E-state index in [1.54, 1.807) is 10.9 Å². The van der Waals surface area contributed by atoms with Gasteiger partial charge in [-0.05, 0) is 47.8 Å². The zero-order valence-corrected chi connectivity index (χ0v) is 21.7. The summed E-state index contributed by atoms with van der Waals surface area (Å²) in [5.74, 6) is -2.13. The van der Waals surface area contributed by atoms with Crippen LogP contribution in [0.4, 0.5) is 8.78 Å². The van der Waals surface area contributed by atoms with E-state index in [0.717, 1.165) is 0 Å². The van der Waals surface area contributed by atoms with Crippen molar-refractivity contribution in [3.63, 3.8) is 0 Å². The summed E-state index contributed by atoms with van der Waals surface area (Å²) in [5, 5.41) is 47.1. The summed E-state index contributed by atoms with van der Waals surface area (Å²) in [5.41, 5.74) is 0.259. The molecule has 5 atom stereocenters. The van der Waals surface area contributed by atoms with Crippen LogP contribution in [0.1, 0.15) is 31.5 Å². The summed E-state index contributed by atoms with van der Waals surface area (Å²) in [6.45, 7) is 1.52. The van der Waals surface area contributed by atoms with Crippen molar-refractivity contribution in [1.82, 2.24) is 30.0 Å². The van der Waals surface area contributed by atoms with Crippen LogP contribution in [0.25, 0.3) is 11.3 Å². The van der Waals surface area contributed by atoms with Crippen molar-refractivity contribution >= 4 is 15.9 Å². The Bertz CT molecular complexity index is 1270. The van der Waals surface area contributed by atoms with Crippen molar-refractivity contribution in [2.24, 2.45) is 0 Å². The van der Waals surface area contributed by atoms with Crippen LogP contribution in [0.5, 0.6) is 0 Å². The van der Waals surface area contributed by atoms with Gasteiger partial charge in [0.1, 0.15) is 30.0 Å². The van der Waals surface area contributed by atoms with Crippen molar-refractivity contribution < 1.29 is 33.6 Å². The van der Waals surface area contributed by atoms with Gasteiger partial charge in [0, 0.05) is 25.3 Å². The van der Waals surface area contributed by atoms with Crippen molar-refractivity contribution in [3.8, 4) is 11.3 Å². The van der Waals surface area contributed by atoms with E-state index in [9.17, 15) is 24.1 Å². The molecule has 14 heteroatoms. The third-order valence-corrected chi connectivity index (χ3v) is 7.83. The van der Waals surface area contributed by atoms with E-state index in [0.29, 0.717) is 18.5 Å². The normalized spacial score (nSPS) is 31.9. The topological polar surface area (TPSA) is 141 Å². The number of rotatable bonds is 7. The molecule has 0 spiro atoms. The molecule has 1 saturated heterocycles. The molecule has 3 aromatic rings. The smallest absolute Gasteiger partial charge is 0.173 e. The number of nitrogens with zero attached hydrogens (tertiary/aromatic N) is 6. The largest absolute Gasteiger partial charge is 0.394 e. The van der Waals surface area contributed by atoms with E-state index in [2.05, 4.69) is 36.6 Å². The second-order valence-corrected chi connectivity index (χ2v) is 10.7. The fraction of sp³-hybridized carbons (Fsp3) is 0.565. The number of hydrogen-bond acceptors (Lipinski definition) is 9. The lowest BCUT2D eigenvalue weighted by atomic mass is 9.76. The fourth-order valence-electron chi connectivity index (χ4n) is 5.20. The van der Waals surface area contributed by atoms with Gasteiger partial charge in [0.15, 0.2) is 11.6 Å². The molecule has 3 heterocycles. The minimum Gasteiger partial charge on any atom is -0.394 e. The Labute approximate surface area is 219 Å². The highest BCUT2D eigenvalue weighted by atomic mass is 79.9. The number of ether oxygens (including phenoxy) is 2. The maximum Gasteiger partial charge on any atom is 0.173 e. The highest BCUT2D eigenvalue weighted by Gasteiger charge is 2.48. The van der Waals surface area contributed by atoms with Crippen molar-refractivity contribution in [3.05, 3.63) is 46.3 Å². The van der Waals surface area contributed by atoms with Crippen molar-refractivity contribution in [2.75, 3.05) is 13.7 Å². The molecular formula is C23H27BrF2N6O5. The first-order chi connectivity index (χ1) is 17.6. The van der Waals surface area contributed by atoms with Crippen molar-refractivity contribution in [2.45, 2.75) is 68.3 Å². The molecule has 37 heavy (non-hydrogen) atoms. The molecule has 3 N–H and O–H groups in total. The first-order valence-electron chi connectivity index (χ1n) is 11.8. The van der Waals surface area contributed by atoms with Gasteiger partial charge in [-0.25, -0.2) is 18.1 Å². The number of methoxy groups -OCH3 is 1. The highest BCUT2D eigenvalue weighted by Crippen LogP contribution is 2.39. The number of aliphatic hydroxyl groups is 3. The summed E-state index contributed by atoms with van der Waals surface area (Å²) in [6.07, 6.45) is 0.605. The third-order valence-electron chi connectivity index (χ3n) is 7.22. The molecule has 5 unspecified atom stereocenters. The summed E-state index contributed by atoms with van der Waals surface area (Å²) >= 11 is 2.95. The van der Waals surface area contributed by atoms with Crippen LogP contribution in [0, 0.1) is 11.6 Å². The van der Waals surface area contributed by atoms with Gasteiger partial charge in [-0.15, -0.1) is 10.2 Å². The van der Waals surface area contributed by atoms with Crippen LogP contribution in [0.15, 0.2) is 29.0 Å². The third kappa shape index (κ3) is 4.70. The quantitative estimate of drug-likeness (QED) is 0.351. The van der Waals surface area contributed by atoms with E-state index in [1.807, 2.05) is 6.92 Å². The lowest BCUT2D eigenvalue weighted by Crippen LogP contribution is -2.57. The molecule has 200 valence electrons. The molecule has 2 fully saturated rings. The van der Waals surface area contributed by atoms with Crippen LogP contribution >= 0.6 is 15.9 Å². The van der Waals surface area contributed by atoms with E-state index in [-0.39, 0.29) is 33.8 Å². The van der Waals surface area contributed by atoms with Crippen LogP contribution in [-0.2, 0) is 21.4 Å². The Morgan fingerprint density at radius 3 is 2.57 bits per heavy atom. The molecule has 0 amide bonds. The molecule has 11 nitrogen and oxygen atoms in total. The first kappa shape index (κ1) is 26.3. The maximum absolute atomic E-state index is 14.5. The Balaban J connectivity index is 1.42. The summed E-state index contributed by atoms with van der Waals surface area (Å²) in [6, 6.07) is 1.87. The maximum atomic E-state index is 14.5. The number of halogens is 3. The van der Waals surface area contributed by atoms with Crippen LogP contribution in [-0.4, -0.2) is 89.5 Å². The van der Waals surface area contributed by atoms with Gasteiger partial charge < -0.3 is 24.8 Å². The van der Waals surface area contributed by atoms with E-state index in [4.69, 9.17) is 9.47 Å². The SMILES string of the molecule is COC1C(Cc2cn(C3(C)CC(O)C3)nn2)OC(CO)C(O)C1n1cc(-c2ccc(Br)c(F)c2F)nn1. The number of hydrogen-bond donors (Lipinski definition) is 3. The van der Waals surface area contributed by atoms with E-state index in [1.165, 1.54) is 30.1 Å². The van der Waals surface area contributed by atoms with Crippen LogP contribution < -0.4 is 0 Å².